The van der Waals surface area contributed by atoms with E-state index in [0.29, 0.717) is 6.54 Å². The number of para-hydroxylation sites is 1. The van der Waals surface area contributed by atoms with Gasteiger partial charge in [-0.25, -0.2) is 0 Å². The third-order valence-electron chi connectivity index (χ3n) is 5.21. The van der Waals surface area contributed by atoms with Gasteiger partial charge in [-0.3, -0.25) is 9.59 Å². The summed E-state index contributed by atoms with van der Waals surface area (Å²) in [5, 5.41) is 5.40. The first-order chi connectivity index (χ1) is 13.1. The summed E-state index contributed by atoms with van der Waals surface area (Å²) in [6.07, 6.45) is 0.253. The van der Waals surface area contributed by atoms with Crippen molar-refractivity contribution in [2.75, 3.05) is 11.4 Å². The number of hydrogen-bond donors (Lipinski definition) is 1. The van der Waals surface area contributed by atoms with Crippen LogP contribution in [0.5, 0.6) is 0 Å². The molecule has 136 valence electrons. The fourth-order valence-electron chi connectivity index (χ4n) is 3.78. The maximum Gasteiger partial charge on any atom is 0.227 e. The highest BCUT2D eigenvalue weighted by atomic mass is 16.2. The highest BCUT2D eigenvalue weighted by Crippen LogP contribution is 2.27. The van der Waals surface area contributed by atoms with E-state index in [2.05, 4.69) is 23.5 Å². The summed E-state index contributed by atoms with van der Waals surface area (Å²) in [6.45, 7) is 2.42. The maximum absolute atomic E-state index is 12.8. The summed E-state index contributed by atoms with van der Waals surface area (Å²) in [4.78, 5) is 26.9. The first-order valence-electron chi connectivity index (χ1n) is 9.27. The molecule has 1 saturated heterocycles. The third-order valence-corrected chi connectivity index (χ3v) is 5.21. The molecular weight excluding hydrogens is 336 g/mol. The van der Waals surface area contributed by atoms with E-state index in [9.17, 15) is 9.59 Å². The third kappa shape index (κ3) is 3.43. The molecule has 2 amide bonds. The van der Waals surface area contributed by atoms with E-state index in [-0.39, 0.29) is 30.2 Å². The molecule has 1 aliphatic rings. The molecule has 3 aromatic rings. The average molecular weight is 358 g/mol. The predicted octanol–water partition coefficient (Wildman–Crippen LogP) is 4.07. The lowest BCUT2D eigenvalue weighted by Gasteiger charge is -2.20. The quantitative estimate of drug-likeness (QED) is 0.764. The van der Waals surface area contributed by atoms with Crippen molar-refractivity contribution in [1.29, 1.82) is 0 Å². The van der Waals surface area contributed by atoms with Gasteiger partial charge in [0.05, 0.1) is 12.0 Å². The smallest absolute Gasteiger partial charge is 0.227 e. The minimum Gasteiger partial charge on any atom is -0.349 e. The van der Waals surface area contributed by atoms with E-state index < -0.39 is 0 Å². The van der Waals surface area contributed by atoms with Gasteiger partial charge in [-0.05, 0) is 35.4 Å². The number of carbonyl (C=O) groups is 2. The molecule has 4 rings (SSSR count). The Balaban J connectivity index is 1.48. The summed E-state index contributed by atoms with van der Waals surface area (Å²) in [5.74, 6) is -0.392. The molecule has 0 radical (unpaired) electrons. The Morgan fingerprint density at radius 1 is 1.00 bits per heavy atom. The zero-order valence-electron chi connectivity index (χ0n) is 15.3. The number of carbonyl (C=O) groups excluding carboxylic acids is 2. The number of anilines is 1. The van der Waals surface area contributed by atoms with Gasteiger partial charge in [0.15, 0.2) is 0 Å². The minimum absolute atomic E-state index is 0.000774. The average Bonchev–Trinajstić information content (AvgIpc) is 3.10. The van der Waals surface area contributed by atoms with E-state index in [1.54, 1.807) is 4.90 Å². The van der Waals surface area contributed by atoms with Gasteiger partial charge in [0.2, 0.25) is 11.8 Å². The number of benzene rings is 3. The Hall–Kier alpha value is -3.14. The normalized spacial score (nSPS) is 17.9. The van der Waals surface area contributed by atoms with E-state index >= 15 is 0 Å². The van der Waals surface area contributed by atoms with Gasteiger partial charge in [-0.2, -0.15) is 0 Å². The van der Waals surface area contributed by atoms with E-state index in [4.69, 9.17) is 0 Å². The molecule has 2 unspecified atom stereocenters. The monoisotopic (exact) mass is 358 g/mol. The van der Waals surface area contributed by atoms with Crippen molar-refractivity contribution in [3.05, 3.63) is 78.4 Å². The SMILES string of the molecule is CC(NC(=O)C1CC(=O)N(c2ccccc2)C1)c1cccc2ccccc12. The van der Waals surface area contributed by atoms with Gasteiger partial charge < -0.3 is 10.2 Å². The zero-order chi connectivity index (χ0) is 18.8. The molecule has 0 aliphatic carbocycles. The number of amides is 2. The number of hydrogen-bond acceptors (Lipinski definition) is 2. The maximum atomic E-state index is 12.8. The molecule has 0 aromatic heterocycles. The second kappa shape index (κ2) is 7.23. The van der Waals surface area contributed by atoms with Crippen molar-refractivity contribution in [2.45, 2.75) is 19.4 Å². The van der Waals surface area contributed by atoms with Crippen LogP contribution in [0.3, 0.4) is 0 Å². The van der Waals surface area contributed by atoms with Gasteiger partial charge in [0.1, 0.15) is 0 Å². The number of nitrogens with zero attached hydrogens (tertiary/aromatic N) is 1. The van der Waals surface area contributed by atoms with E-state index in [0.717, 1.165) is 22.0 Å². The highest BCUT2D eigenvalue weighted by Gasteiger charge is 2.35. The molecule has 4 heteroatoms. The van der Waals surface area contributed by atoms with Crippen molar-refractivity contribution >= 4 is 28.3 Å². The first-order valence-corrected chi connectivity index (χ1v) is 9.27. The molecule has 0 spiro atoms. The van der Waals surface area contributed by atoms with Crippen LogP contribution < -0.4 is 10.2 Å². The predicted molar refractivity (Wildman–Crippen MR) is 107 cm³/mol. The Morgan fingerprint density at radius 2 is 1.70 bits per heavy atom. The molecule has 1 heterocycles. The van der Waals surface area contributed by atoms with Crippen LogP contribution in [0, 0.1) is 5.92 Å². The molecule has 1 fully saturated rings. The van der Waals surface area contributed by atoms with Gasteiger partial charge in [0.25, 0.3) is 0 Å². The van der Waals surface area contributed by atoms with Crippen molar-refractivity contribution in [2.24, 2.45) is 5.92 Å². The second-order valence-corrected chi connectivity index (χ2v) is 7.04. The van der Waals surface area contributed by atoms with E-state index in [1.807, 2.05) is 61.5 Å². The van der Waals surface area contributed by atoms with Crippen molar-refractivity contribution in [3.63, 3.8) is 0 Å². The summed E-state index contributed by atoms with van der Waals surface area (Å²) < 4.78 is 0. The Morgan fingerprint density at radius 3 is 2.52 bits per heavy atom. The Kier molecular flexibility index (Phi) is 4.63. The van der Waals surface area contributed by atoms with Crippen LogP contribution in [-0.4, -0.2) is 18.4 Å². The summed E-state index contributed by atoms with van der Waals surface area (Å²) in [5.41, 5.74) is 1.94. The molecule has 3 aromatic carbocycles. The summed E-state index contributed by atoms with van der Waals surface area (Å²) in [7, 11) is 0. The van der Waals surface area contributed by atoms with Gasteiger partial charge >= 0.3 is 0 Å². The van der Waals surface area contributed by atoms with Crippen LogP contribution in [-0.2, 0) is 9.59 Å². The van der Waals surface area contributed by atoms with Crippen LogP contribution in [0.2, 0.25) is 0 Å². The molecule has 4 nitrogen and oxygen atoms in total. The largest absolute Gasteiger partial charge is 0.349 e. The Labute approximate surface area is 158 Å². The molecule has 1 N–H and O–H groups in total. The van der Waals surface area contributed by atoms with Crippen molar-refractivity contribution in [1.82, 2.24) is 5.32 Å². The van der Waals surface area contributed by atoms with Crippen LogP contribution >= 0.6 is 0 Å². The van der Waals surface area contributed by atoms with Crippen molar-refractivity contribution < 1.29 is 9.59 Å². The lowest BCUT2D eigenvalue weighted by Crippen LogP contribution is -2.34. The van der Waals surface area contributed by atoms with Gasteiger partial charge in [-0.15, -0.1) is 0 Å². The molecule has 27 heavy (non-hydrogen) atoms. The van der Waals surface area contributed by atoms with Gasteiger partial charge in [0, 0.05) is 18.7 Å². The van der Waals surface area contributed by atoms with Crippen LogP contribution in [0.25, 0.3) is 10.8 Å². The topological polar surface area (TPSA) is 49.4 Å². The standard InChI is InChI=1S/C23H22N2O2/c1-16(20-13-7-9-17-8-5-6-12-21(17)20)24-23(27)18-14-22(26)25(15-18)19-10-3-2-4-11-19/h2-13,16,18H,14-15H2,1H3,(H,24,27). The Bertz CT molecular complexity index is 979. The van der Waals surface area contributed by atoms with Crippen LogP contribution in [0.15, 0.2) is 72.8 Å². The van der Waals surface area contributed by atoms with Crippen molar-refractivity contribution in [3.8, 4) is 0 Å². The highest BCUT2D eigenvalue weighted by molar-refractivity contribution is 6.00. The molecule has 2 atom stereocenters. The van der Waals surface area contributed by atoms with Crippen LogP contribution in [0.1, 0.15) is 24.9 Å². The number of fused-ring (bicyclic) bond motifs is 1. The van der Waals surface area contributed by atoms with E-state index in [1.165, 1.54) is 0 Å². The van der Waals surface area contributed by atoms with Gasteiger partial charge in [-0.1, -0.05) is 60.7 Å². The summed E-state index contributed by atoms with van der Waals surface area (Å²) >= 11 is 0. The minimum atomic E-state index is -0.324. The molecular formula is C23H22N2O2. The lowest BCUT2D eigenvalue weighted by molar-refractivity contribution is -0.126. The summed E-state index contributed by atoms with van der Waals surface area (Å²) in [6, 6.07) is 23.7. The molecule has 0 bridgehead atoms. The first kappa shape index (κ1) is 17.3. The number of rotatable bonds is 4. The molecule has 1 aliphatic heterocycles. The van der Waals surface area contributed by atoms with Crippen LogP contribution in [0.4, 0.5) is 5.69 Å². The fourth-order valence-corrected chi connectivity index (χ4v) is 3.78. The lowest BCUT2D eigenvalue weighted by atomic mass is 9.99. The zero-order valence-corrected chi connectivity index (χ0v) is 15.3. The fraction of sp³-hybridized carbons (Fsp3) is 0.217. The number of nitrogens with one attached hydrogen (secondary N) is 1. The second-order valence-electron chi connectivity index (χ2n) is 7.04. The molecule has 0 saturated carbocycles.